The van der Waals surface area contributed by atoms with Gasteiger partial charge < -0.3 is 9.64 Å². The predicted octanol–water partition coefficient (Wildman–Crippen LogP) is 4.71. The van der Waals surface area contributed by atoms with Crippen LogP contribution in [0.5, 0.6) is 0 Å². The third-order valence-electron chi connectivity index (χ3n) is 6.18. The van der Waals surface area contributed by atoms with E-state index in [0.717, 1.165) is 0 Å². The molecule has 0 radical (unpaired) electrons. The van der Waals surface area contributed by atoms with Crippen LogP contribution in [0.4, 0.5) is 15.1 Å². The van der Waals surface area contributed by atoms with Crippen LogP contribution in [0.25, 0.3) is 16.7 Å². The molecular weight excluding hydrogens is 525 g/mol. The van der Waals surface area contributed by atoms with E-state index in [1.807, 2.05) is 0 Å². The van der Waals surface area contributed by atoms with Gasteiger partial charge in [0, 0.05) is 31.7 Å². The van der Waals surface area contributed by atoms with Crippen molar-refractivity contribution in [2.45, 2.75) is 45.3 Å². The number of halogens is 2. The lowest BCUT2D eigenvalue weighted by molar-refractivity contribution is -0.128. The van der Waals surface area contributed by atoms with Gasteiger partial charge in [-0.1, -0.05) is 23.7 Å². The molecule has 1 aliphatic rings. The Hall–Kier alpha value is -4.17. The number of benzene rings is 2. The normalized spacial score (nSPS) is 17.6. The second-order valence-electron chi connectivity index (χ2n) is 10.7. The lowest BCUT2D eigenvalue weighted by Crippen LogP contribution is -2.52. The predicted molar refractivity (Wildman–Crippen MR) is 147 cm³/mol. The van der Waals surface area contributed by atoms with Crippen molar-refractivity contribution < 1.29 is 18.7 Å². The number of nitrogens with one attached hydrogen (secondary N) is 1. The van der Waals surface area contributed by atoms with Crippen LogP contribution in [0, 0.1) is 17.1 Å². The molecule has 2 aromatic carbocycles. The second kappa shape index (κ2) is 9.85. The van der Waals surface area contributed by atoms with Gasteiger partial charge in [0.2, 0.25) is 17.8 Å². The fourth-order valence-corrected chi connectivity index (χ4v) is 4.62. The minimum absolute atomic E-state index is 0.0553. The van der Waals surface area contributed by atoms with Gasteiger partial charge in [0.15, 0.2) is 5.82 Å². The molecule has 2 amide bonds. The van der Waals surface area contributed by atoms with Gasteiger partial charge >= 0.3 is 6.09 Å². The summed E-state index contributed by atoms with van der Waals surface area (Å²) < 4.78 is 23.4. The van der Waals surface area contributed by atoms with Crippen molar-refractivity contribution in [3.63, 3.8) is 0 Å². The summed E-state index contributed by atoms with van der Waals surface area (Å²) >= 11 is 6.29. The highest BCUT2D eigenvalue weighted by molar-refractivity contribution is 6.31. The number of hydrogen-bond donors (Lipinski definition) is 1. The highest BCUT2D eigenvalue weighted by Gasteiger charge is 2.40. The molecular formula is C27H29ClFN7O3. The molecule has 0 saturated heterocycles. The fraction of sp³-hybridized carbons (Fsp3) is 0.370. The van der Waals surface area contributed by atoms with Crippen LogP contribution in [0.1, 0.15) is 45.2 Å². The molecule has 204 valence electrons. The van der Waals surface area contributed by atoms with Crippen LogP contribution in [-0.4, -0.2) is 59.2 Å². The van der Waals surface area contributed by atoms with Gasteiger partial charge in [-0.15, -0.1) is 0 Å². The first-order valence-corrected chi connectivity index (χ1v) is 12.5. The number of rotatable bonds is 3. The topological polar surface area (TPSA) is 116 Å². The van der Waals surface area contributed by atoms with E-state index in [0.29, 0.717) is 22.0 Å². The Labute approximate surface area is 230 Å². The summed E-state index contributed by atoms with van der Waals surface area (Å²) in [6.07, 6.45) is -0.927. The number of carbonyl (C=O) groups excluding carboxylic acids is 2. The molecule has 0 saturated carbocycles. The second-order valence-corrected chi connectivity index (χ2v) is 11.1. The number of ether oxygens (including phenoxy) is 1. The number of nitrogens with zero attached hydrogens (tertiary/aromatic N) is 6. The maximum absolute atomic E-state index is 16.5. The first kappa shape index (κ1) is 27.9. The molecule has 0 unspecified atom stereocenters. The third-order valence-corrected chi connectivity index (χ3v) is 6.40. The number of aromatic nitrogens is 2. The maximum Gasteiger partial charge on any atom is 0.414 e. The lowest BCUT2D eigenvalue weighted by Gasteiger charge is -2.35. The molecule has 12 heteroatoms. The number of imidazole rings is 1. The Balaban J connectivity index is 1.89. The number of nitriles is 1. The van der Waals surface area contributed by atoms with E-state index in [9.17, 15) is 14.9 Å². The van der Waals surface area contributed by atoms with Crippen LogP contribution in [0.2, 0.25) is 5.02 Å². The zero-order valence-corrected chi connectivity index (χ0v) is 23.5. The van der Waals surface area contributed by atoms with Crippen LogP contribution in [-0.2, 0) is 15.1 Å². The summed E-state index contributed by atoms with van der Waals surface area (Å²) in [5.41, 5.74) is -0.771. The molecule has 1 aromatic heterocycles. The van der Waals surface area contributed by atoms with Gasteiger partial charge in [0.1, 0.15) is 17.2 Å². The van der Waals surface area contributed by atoms with Crippen molar-refractivity contribution in [1.82, 2.24) is 19.8 Å². The van der Waals surface area contributed by atoms with Gasteiger partial charge in [0.05, 0.1) is 28.7 Å². The Morgan fingerprint density at radius 3 is 2.62 bits per heavy atom. The summed E-state index contributed by atoms with van der Waals surface area (Å²) in [6, 6.07) is 9.99. The standard InChI is InChI=1S/C27H29ClFN7O3/c1-26(2,3)39-25(38)32-23-33-27(4,13-20(37)35(23)7)17-9-8-10-18(21(17)29)36-19-12-16(28)11-15(14-30)22(19)31-24(36)34(5)6/h8-12H,13H2,1-7H3,(H,32,33,38)/t27-/m0/s1. The molecule has 39 heavy (non-hydrogen) atoms. The van der Waals surface area contributed by atoms with Crippen molar-refractivity contribution in [1.29, 1.82) is 5.26 Å². The average molecular weight is 554 g/mol. The summed E-state index contributed by atoms with van der Waals surface area (Å²) in [6.45, 7) is 6.76. The van der Waals surface area contributed by atoms with Crippen LogP contribution in [0.3, 0.4) is 0 Å². The average Bonchev–Trinajstić information content (AvgIpc) is 3.20. The third kappa shape index (κ3) is 5.25. The molecule has 3 aromatic rings. The summed E-state index contributed by atoms with van der Waals surface area (Å²) in [5.74, 6) is -0.685. The molecule has 2 heterocycles. The first-order chi connectivity index (χ1) is 18.1. The molecule has 10 nitrogen and oxygen atoms in total. The molecule has 1 aliphatic heterocycles. The van der Waals surface area contributed by atoms with Crippen molar-refractivity contribution >= 4 is 46.5 Å². The van der Waals surface area contributed by atoms with E-state index in [-0.39, 0.29) is 35.1 Å². The Kier molecular flexibility index (Phi) is 7.04. The van der Waals surface area contributed by atoms with Crippen LogP contribution >= 0.6 is 11.6 Å². The molecule has 1 atom stereocenters. The number of amides is 2. The number of guanidine groups is 1. The number of fused-ring (bicyclic) bond motifs is 1. The summed E-state index contributed by atoms with van der Waals surface area (Å²) in [5, 5.41) is 12.4. The number of anilines is 1. The number of aliphatic imine (C=N–C) groups is 1. The molecule has 1 N–H and O–H groups in total. The van der Waals surface area contributed by atoms with Gasteiger partial charge in [-0.05, 0) is 45.9 Å². The number of alkyl carbamates (subject to hydrolysis) is 1. The van der Waals surface area contributed by atoms with Crippen molar-refractivity contribution in [2.75, 3.05) is 26.0 Å². The largest absolute Gasteiger partial charge is 0.444 e. The molecule has 0 spiro atoms. The van der Waals surface area contributed by atoms with Crippen molar-refractivity contribution in [3.8, 4) is 11.8 Å². The summed E-state index contributed by atoms with van der Waals surface area (Å²) in [4.78, 5) is 37.5. The van der Waals surface area contributed by atoms with E-state index in [4.69, 9.17) is 16.3 Å². The van der Waals surface area contributed by atoms with Gasteiger partial charge in [-0.3, -0.25) is 19.6 Å². The van der Waals surface area contributed by atoms with Crippen LogP contribution in [0.15, 0.2) is 35.3 Å². The van der Waals surface area contributed by atoms with Crippen molar-refractivity contribution in [2.24, 2.45) is 4.99 Å². The molecule has 0 aliphatic carbocycles. The van der Waals surface area contributed by atoms with Crippen molar-refractivity contribution in [3.05, 3.63) is 52.3 Å². The minimum atomic E-state index is -1.35. The van der Waals surface area contributed by atoms with Gasteiger partial charge in [-0.2, -0.15) is 5.26 Å². The monoisotopic (exact) mass is 553 g/mol. The fourth-order valence-electron chi connectivity index (χ4n) is 4.40. The van der Waals surface area contributed by atoms with Crippen LogP contribution < -0.4 is 10.2 Å². The maximum atomic E-state index is 16.5. The quantitative estimate of drug-likeness (QED) is 0.502. The molecule has 0 bridgehead atoms. The van der Waals surface area contributed by atoms with E-state index >= 15 is 4.39 Å². The first-order valence-electron chi connectivity index (χ1n) is 12.1. The minimum Gasteiger partial charge on any atom is -0.444 e. The Bertz CT molecular complexity index is 1570. The SMILES string of the molecule is CN1C(=O)C[C@@](C)(c2cccc(-n3c(N(C)C)nc4c(C#N)cc(Cl)cc43)c2F)N=C1NC(=O)OC(C)(C)C. The van der Waals surface area contributed by atoms with E-state index in [2.05, 4.69) is 21.4 Å². The van der Waals surface area contributed by atoms with Gasteiger partial charge in [-0.25, -0.2) is 19.2 Å². The number of carbonyl (C=O) groups is 2. The lowest BCUT2D eigenvalue weighted by atomic mass is 9.87. The van der Waals surface area contributed by atoms with Gasteiger partial charge in [0.25, 0.3) is 0 Å². The highest BCUT2D eigenvalue weighted by atomic mass is 35.5. The zero-order chi connectivity index (χ0) is 28.9. The summed E-state index contributed by atoms with van der Waals surface area (Å²) in [7, 11) is 4.98. The Morgan fingerprint density at radius 1 is 1.31 bits per heavy atom. The van der Waals surface area contributed by atoms with E-state index in [1.54, 1.807) is 75.5 Å². The number of hydrogen-bond acceptors (Lipinski definition) is 7. The smallest absolute Gasteiger partial charge is 0.414 e. The molecule has 4 rings (SSSR count). The Morgan fingerprint density at radius 2 is 2.00 bits per heavy atom. The van der Waals surface area contributed by atoms with E-state index < -0.39 is 23.1 Å². The van der Waals surface area contributed by atoms with E-state index in [1.165, 1.54) is 18.0 Å². The molecule has 0 fully saturated rings. The highest BCUT2D eigenvalue weighted by Crippen LogP contribution is 2.38. The zero-order valence-electron chi connectivity index (χ0n) is 22.8.